The number of hydrogen-bond donors (Lipinski definition) is 2. The summed E-state index contributed by atoms with van der Waals surface area (Å²) in [5, 5.41) is 6.36. The average Bonchev–Trinajstić information content (AvgIpc) is 2.65. The van der Waals surface area contributed by atoms with Crippen LogP contribution in [0.25, 0.3) is 0 Å². The molecule has 2 rings (SSSR count). The van der Waals surface area contributed by atoms with Gasteiger partial charge in [-0.25, -0.2) is 4.79 Å². The molecule has 0 saturated carbocycles. The third-order valence-electron chi connectivity index (χ3n) is 3.71. The van der Waals surface area contributed by atoms with Gasteiger partial charge in [0.2, 0.25) is 0 Å². The van der Waals surface area contributed by atoms with Crippen LogP contribution in [0.4, 0.5) is 4.79 Å². The molecule has 0 aromatic heterocycles. The van der Waals surface area contributed by atoms with E-state index in [1.807, 2.05) is 25.1 Å². The molecule has 1 unspecified atom stereocenters. The summed E-state index contributed by atoms with van der Waals surface area (Å²) in [7, 11) is 1.56. The van der Waals surface area contributed by atoms with Gasteiger partial charge in [-0.1, -0.05) is 35.7 Å². The average molecular weight is 373 g/mol. The third kappa shape index (κ3) is 5.61. The molecule has 2 aromatic carbocycles. The normalized spacial score (nSPS) is 11.2. The Kier molecular flexibility index (Phi) is 7.19. The fraction of sp³-hybridized carbons (Fsp3) is 0.250. The zero-order valence-electron chi connectivity index (χ0n) is 14.7. The Morgan fingerprint density at radius 1 is 1.23 bits per heavy atom. The minimum atomic E-state index is -0.269. The highest BCUT2D eigenvalue weighted by molar-refractivity contribution is 6.30. The van der Waals surface area contributed by atoms with Crippen LogP contribution in [-0.2, 0) is 6.54 Å². The molecular weight excluding hydrogens is 352 g/mol. The molecule has 0 saturated heterocycles. The molecule has 0 fully saturated rings. The molecule has 0 heterocycles. The minimum Gasteiger partial charge on any atom is -0.493 e. The van der Waals surface area contributed by atoms with Crippen molar-refractivity contribution in [2.75, 3.05) is 13.7 Å². The van der Waals surface area contributed by atoms with Crippen LogP contribution in [-0.4, -0.2) is 19.7 Å². The Morgan fingerprint density at radius 2 is 1.96 bits per heavy atom. The summed E-state index contributed by atoms with van der Waals surface area (Å²) in [5.74, 6) is 3.54. The summed E-state index contributed by atoms with van der Waals surface area (Å²) in [4.78, 5) is 12.1. The van der Waals surface area contributed by atoms with Crippen molar-refractivity contribution < 1.29 is 14.3 Å². The predicted molar refractivity (Wildman–Crippen MR) is 103 cm³/mol. The number of carbonyl (C=O) groups excluding carboxylic acids is 1. The molecular formula is C20H21ClN2O3. The highest BCUT2D eigenvalue weighted by Gasteiger charge is 2.10. The first kappa shape index (κ1) is 19.5. The van der Waals surface area contributed by atoms with Crippen molar-refractivity contribution in [3.63, 3.8) is 0 Å². The van der Waals surface area contributed by atoms with E-state index in [9.17, 15) is 4.79 Å². The maximum Gasteiger partial charge on any atom is 0.315 e. The third-order valence-corrected chi connectivity index (χ3v) is 3.96. The topological polar surface area (TPSA) is 59.6 Å². The molecule has 6 heteroatoms. The molecule has 0 radical (unpaired) electrons. The molecule has 0 spiro atoms. The summed E-state index contributed by atoms with van der Waals surface area (Å²) in [6, 6.07) is 12.4. The lowest BCUT2D eigenvalue weighted by molar-refractivity contribution is 0.237. The smallest absolute Gasteiger partial charge is 0.315 e. The fourth-order valence-corrected chi connectivity index (χ4v) is 2.45. The number of benzene rings is 2. The molecule has 2 amide bonds. The van der Waals surface area contributed by atoms with Crippen LogP contribution in [0, 0.1) is 12.3 Å². The number of amides is 2. The maximum absolute atomic E-state index is 12.1. The van der Waals surface area contributed by atoms with E-state index in [0.717, 1.165) is 11.1 Å². The summed E-state index contributed by atoms with van der Waals surface area (Å²) in [6.45, 7) is 2.39. The van der Waals surface area contributed by atoms with Crippen molar-refractivity contribution in [3.8, 4) is 23.8 Å². The first-order chi connectivity index (χ1) is 12.5. The molecule has 0 aliphatic heterocycles. The van der Waals surface area contributed by atoms with Gasteiger partial charge in [0.1, 0.15) is 6.61 Å². The van der Waals surface area contributed by atoms with Gasteiger partial charge in [-0.15, -0.1) is 6.42 Å². The zero-order valence-corrected chi connectivity index (χ0v) is 15.5. The molecule has 0 aliphatic rings. The van der Waals surface area contributed by atoms with Crippen molar-refractivity contribution >= 4 is 17.6 Å². The predicted octanol–water partition coefficient (Wildman–Crippen LogP) is 3.92. The van der Waals surface area contributed by atoms with E-state index in [-0.39, 0.29) is 18.7 Å². The van der Waals surface area contributed by atoms with Crippen molar-refractivity contribution in [1.82, 2.24) is 10.6 Å². The highest BCUT2D eigenvalue weighted by atomic mass is 35.5. The summed E-state index contributed by atoms with van der Waals surface area (Å²) in [5.41, 5.74) is 1.84. The van der Waals surface area contributed by atoms with Gasteiger partial charge in [0, 0.05) is 11.6 Å². The number of methoxy groups -OCH3 is 1. The van der Waals surface area contributed by atoms with E-state index in [4.69, 9.17) is 27.5 Å². The molecule has 0 aliphatic carbocycles. The fourth-order valence-electron chi connectivity index (χ4n) is 2.33. The zero-order chi connectivity index (χ0) is 18.9. The number of hydrogen-bond acceptors (Lipinski definition) is 3. The van der Waals surface area contributed by atoms with E-state index in [1.54, 1.807) is 31.4 Å². The van der Waals surface area contributed by atoms with Crippen LogP contribution in [0.3, 0.4) is 0 Å². The van der Waals surface area contributed by atoms with Gasteiger partial charge < -0.3 is 20.1 Å². The lowest BCUT2D eigenvalue weighted by Crippen LogP contribution is -2.36. The van der Waals surface area contributed by atoms with Gasteiger partial charge >= 0.3 is 6.03 Å². The van der Waals surface area contributed by atoms with Crippen molar-refractivity contribution in [2.24, 2.45) is 0 Å². The van der Waals surface area contributed by atoms with Crippen molar-refractivity contribution in [2.45, 2.75) is 19.5 Å². The van der Waals surface area contributed by atoms with E-state index in [1.165, 1.54) is 0 Å². The Bertz CT molecular complexity index is 785. The van der Waals surface area contributed by atoms with E-state index in [0.29, 0.717) is 23.1 Å². The quantitative estimate of drug-likeness (QED) is 0.724. The number of urea groups is 1. The number of rotatable bonds is 7. The Hall–Kier alpha value is -2.84. The first-order valence-electron chi connectivity index (χ1n) is 8.06. The van der Waals surface area contributed by atoms with Crippen molar-refractivity contribution in [3.05, 3.63) is 58.6 Å². The van der Waals surface area contributed by atoms with Gasteiger partial charge in [-0.3, -0.25) is 0 Å². The second-order valence-electron chi connectivity index (χ2n) is 5.58. The lowest BCUT2D eigenvalue weighted by Gasteiger charge is -2.16. The largest absolute Gasteiger partial charge is 0.493 e. The van der Waals surface area contributed by atoms with Crippen LogP contribution in [0.1, 0.15) is 24.1 Å². The molecule has 136 valence electrons. The second kappa shape index (κ2) is 9.59. The molecule has 5 nitrogen and oxygen atoms in total. The van der Waals surface area contributed by atoms with E-state index >= 15 is 0 Å². The van der Waals surface area contributed by atoms with Gasteiger partial charge in [0.25, 0.3) is 0 Å². The summed E-state index contributed by atoms with van der Waals surface area (Å²) < 4.78 is 10.7. The molecule has 2 aromatic rings. The SMILES string of the molecule is C#CCOc1cc(CNC(=O)NC(C)c2ccc(Cl)cc2)ccc1OC. The lowest BCUT2D eigenvalue weighted by atomic mass is 10.1. The number of terminal acetylenes is 1. The highest BCUT2D eigenvalue weighted by Crippen LogP contribution is 2.28. The maximum atomic E-state index is 12.1. The van der Waals surface area contributed by atoms with Crippen LogP contribution < -0.4 is 20.1 Å². The van der Waals surface area contributed by atoms with Crippen LogP contribution in [0.2, 0.25) is 5.02 Å². The minimum absolute atomic E-state index is 0.141. The van der Waals surface area contributed by atoms with Gasteiger partial charge in [0.15, 0.2) is 11.5 Å². The second-order valence-corrected chi connectivity index (χ2v) is 6.01. The van der Waals surface area contributed by atoms with Gasteiger partial charge in [-0.2, -0.15) is 0 Å². The van der Waals surface area contributed by atoms with Gasteiger partial charge in [-0.05, 0) is 42.3 Å². The number of carbonyl (C=O) groups is 1. The summed E-state index contributed by atoms with van der Waals surface area (Å²) in [6.07, 6.45) is 5.22. The molecule has 2 N–H and O–H groups in total. The standard InChI is InChI=1S/C20H21ClN2O3/c1-4-11-26-19-12-15(5-10-18(19)25-3)13-22-20(24)23-14(2)16-6-8-17(21)9-7-16/h1,5-10,12,14H,11,13H2,2-3H3,(H2,22,23,24). The van der Waals surface area contributed by atoms with Crippen LogP contribution in [0.15, 0.2) is 42.5 Å². The number of nitrogens with one attached hydrogen (secondary N) is 2. The number of ether oxygens (including phenoxy) is 2. The monoisotopic (exact) mass is 372 g/mol. The van der Waals surface area contributed by atoms with Crippen LogP contribution in [0.5, 0.6) is 11.5 Å². The first-order valence-corrected chi connectivity index (χ1v) is 8.44. The van der Waals surface area contributed by atoms with Gasteiger partial charge in [0.05, 0.1) is 13.2 Å². The van der Waals surface area contributed by atoms with Crippen LogP contribution >= 0.6 is 11.6 Å². The molecule has 0 bridgehead atoms. The number of halogens is 1. The Morgan fingerprint density at radius 3 is 2.62 bits per heavy atom. The molecule has 26 heavy (non-hydrogen) atoms. The Balaban J connectivity index is 1.92. The summed E-state index contributed by atoms with van der Waals surface area (Å²) >= 11 is 5.88. The van der Waals surface area contributed by atoms with E-state index < -0.39 is 0 Å². The van der Waals surface area contributed by atoms with E-state index in [2.05, 4.69) is 16.6 Å². The van der Waals surface area contributed by atoms with Crippen molar-refractivity contribution in [1.29, 1.82) is 0 Å². The molecule has 1 atom stereocenters. The Labute approximate surface area is 158 Å².